The van der Waals surface area contributed by atoms with Gasteiger partial charge in [-0.05, 0) is 35.9 Å². The largest absolute Gasteiger partial charge is 0.378 e. The first-order valence-electron chi connectivity index (χ1n) is 6.81. The van der Waals surface area contributed by atoms with Gasteiger partial charge in [0, 0.05) is 26.0 Å². The summed E-state index contributed by atoms with van der Waals surface area (Å²) in [5.74, 6) is -0.178. The molecule has 0 bridgehead atoms. The molecule has 0 fully saturated rings. The number of amides is 1. The summed E-state index contributed by atoms with van der Waals surface area (Å²) in [6, 6.07) is 12.6. The summed E-state index contributed by atoms with van der Waals surface area (Å²) < 4.78 is 0. The third kappa shape index (κ3) is 4.56. The highest BCUT2D eigenvalue weighted by atomic mass is 35.5. The number of benzene rings is 1. The Kier molecular flexibility index (Phi) is 5.34. The number of nitrogens with one attached hydrogen (secondary N) is 1. The Morgan fingerprint density at radius 3 is 2.48 bits per heavy atom. The van der Waals surface area contributed by atoms with Crippen LogP contribution in [0.1, 0.15) is 5.56 Å². The average molecular weight is 327 g/mol. The second-order valence-corrected chi connectivity index (χ2v) is 5.41. The van der Waals surface area contributed by atoms with E-state index in [9.17, 15) is 10.1 Å². The second kappa shape index (κ2) is 7.43. The van der Waals surface area contributed by atoms with E-state index in [1.807, 2.05) is 49.3 Å². The molecule has 6 heteroatoms. The van der Waals surface area contributed by atoms with Crippen molar-refractivity contribution < 1.29 is 4.79 Å². The van der Waals surface area contributed by atoms with Gasteiger partial charge in [-0.15, -0.1) is 0 Å². The van der Waals surface area contributed by atoms with Gasteiger partial charge in [-0.25, -0.2) is 4.98 Å². The van der Waals surface area contributed by atoms with E-state index in [1.165, 1.54) is 12.3 Å². The fourth-order valence-electron chi connectivity index (χ4n) is 1.82. The number of rotatable bonds is 4. The van der Waals surface area contributed by atoms with Crippen LogP contribution in [0.2, 0.25) is 5.02 Å². The highest BCUT2D eigenvalue weighted by molar-refractivity contribution is 6.30. The number of pyridine rings is 1. The van der Waals surface area contributed by atoms with Crippen molar-refractivity contribution in [2.24, 2.45) is 0 Å². The van der Waals surface area contributed by atoms with E-state index in [2.05, 4.69) is 10.3 Å². The zero-order valence-corrected chi connectivity index (χ0v) is 13.5. The zero-order valence-electron chi connectivity index (χ0n) is 12.7. The predicted molar refractivity (Wildman–Crippen MR) is 92.2 cm³/mol. The Morgan fingerprint density at radius 1 is 1.26 bits per heavy atom. The lowest BCUT2D eigenvalue weighted by molar-refractivity contribution is -0.112. The average Bonchev–Trinajstić information content (AvgIpc) is 2.55. The van der Waals surface area contributed by atoms with Gasteiger partial charge in [0.05, 0.1) is 5.02 Å². The molecule has 0 saturated heterocycles. The van der Waals surface area contributed by atoms with Crippen molar-refractivity contribution in [1.82, 2.24) is 4.98 Å². The summed E-state index contributed by atoms with van der Waals surface area (Å²) in [5.41, 5.74) is 1.81. The van der Waals surface area contributed by atoms with Crippen LogP contribution in [0.15, 0.2) is 48.2 Å². The maximum absolute atomic E-state index is 12.1. The third-order valence-corrected chi connectivity index (χ3v) is 3.28. The normalized spacial score (nSPS) is 10.8. The van der Waals surface area contributed by atoms with Crippen LogP contribution in [-0.4, -0.2) is 25.0 Å². The topological polar surface area (TPSA) is 69.0 Å². The molecule has 1 aromatic heterocycles. The van der Waals surface area contributed by atoms with E-state index in [-0.39, 0.29) is 5.57 Å². The highest BCUT2D eigenvalue weighted by Gasteiger charge is 2.10. The van der Waals surface area contributed by atoms with Crippen molar-refractivity contribution in [2.45, 2.75) is 0 Å². The van der Waals surface area contributed by atoms with E-state index < -0.39 is 5.91 Å². The number of hydrogen-bond acceptors (Lipinski definition) is 4. The van der Waals surface area contributed by atoms with Crippen molar-refractivity contribution >= 4 is 35.1 Å². The molecule has 0 spiro atoms. The molecule has 1 heterocycles. The Hall–Kier alpha value is -2.84. The summed E-state index contributed by atoms with van der Waals surface area (Å²) >= 11 is 5.74. The molecule has 0 aliphatic rings. The molecule has 1 aromatic carbocycles. The minimum Gasteiger partial charge on any atom is -0.378 e. The SMILES string of the molecule is CN(C)c1ccc(/C=C(/C#N)C(=O)Nc2ccc(Cl)cn2)cc1. The van der Waals surface area contributed by atoms with Gasteiger partial charge in [-0.1, -0.05) is 23.7 Å². The quantitative estimate of drug-likeness (QED) is 0.691. The van der Waals surface area contributed by atoms with Crippen LogP contribution in [0.3, 0.4) is 0 Å². The minimum atomic E-state index is -0.515. The summed E-state index contributed by atoms with van der Waals surface area (Å²) in [6.07, 6.45) is 2.96. The van der Waals surface area contributed by atoms with Crippen molar-refractivity contribution in [2.75, 3.05) is 24.3 Å². The van der Waals surface area contributed by atoms with Crippen LogP contribution >= 0.6 is 11.6 Å². The summed E-state index contributed by atoms with van der Waals surface area (Å²) in [4.78, 5) is 18.1. The fraction of sp³-hybridized carbons (Fsp3) is 0.118. The molecule has 23 heavy (non-hydrogen) atoms. The summed E-state index contributed by atoms with van der Waals surface area (Å²) in [6.45, 7) is 0. The van der Waals surface area contributed by atoms with E-state index in [4.69, 9.17) is 11.6 Å². The van der Waals surface area contributed by atoms with Crippen LogP contribution in [-0.2, 0) is 4.79 Å². The number of carbonyl (C=O) groups is 1. The Labute approximate surface area is 139 Å². The Balaban J connectivity index is 2.16. The van der Waals surface area contributed by atoms with Crippen LogP contribution in [0, 0.1) is 11.3 Å². The first kappa shape index (κ1) is 16.5. The van der Waals surface area contributed by atoms with Crippen LogP contribution in [0.4, 0.5) is 11.5 Å². The first-order valence-corrected chi connectivity index (χ1v) is 7.19. The lowest BCUT2D eigenvalue weighted by atomic mass is 10.1. The van der Waals surface area contributed by atoms with Gasteiger partial charge in [0.2, 0.25) is 0 Å². The second-order valence-electron chi connectivity index (χ2n) is 4.97. The van der Waals surface area contributed by atoms with Gasteiger partial charge in [-0.3, -0.25) is 4.79 Å². The molecule has 1 amide bonds. The molecule has 1 N–H and O–H groups in total. The molecule has 116 valence electrons. The summed E-state index contributed by atoms with van der Waals surface area (Å²) in [5, 5.41) is 12.2. The number of hydrogen-bond donors (Lipinski definition) is 1. The lowest BCUT2D eigenvalue weighted by Crippen LogP contribution is -2.14. The van der Waals surface area contributed by atoms with Crippen LogP contribution < -0.4 is 10.2 Å². The van der Waals surface area contributed by atoms with E-state index in [1.54, 1.807) is 12.1 Å². The third-order valence-electron chi connectivity index (χ3n) is 3.05. The molecule has 0 saturated carbocycles. The van der Waals surface area contributed by atoms with Crippen molar-refractivity contribution in [3.05, 3.63) is 58.8 Å². The highest BCUT2D eigenvalue weighted by Crippen LogP contribution is 2.15. The number of halogens is 1. The number of carbonyl (C=O) groups excluding carboxylic acids is 1. The smallest absolute Gasteiger partial charge is 0.267 e. The molecule has 0 aliphatic carbocycles. The lowest BCUT2D eigenvalue weighted by Gasteiger charge is -2.11. The maximum Gasteiger partial charge on any atom is 0.267 e. The van der Waals surface area contributed by atoms with Gasteiger partial charge in [0.1, 0.15) is 17.5 Å². The van der Waals surface area contributed by atoms with E-state index in [0.717, 1.165) is 11.3 Å². The maximum atomic E-state index is 12.1. The first-order chi connectivity index (χ1) is 11.0. The summed E-state index contributed by atoms with van der Waals surface area (Å²) in [7, 11) is 3.89. The number of anilines is 2. The molecular formula is C17H15ClN4O. The molecule has 0 radical (unpaired) electrons. The van der Waals surface area contributed by atoms with Gasteiger partial charge in [-0.2, -0.15) is 5.26 Å². The Bertz CT molecular complexity index is 759. The number of nitrogens with zero attached hydrogens (tertiary/aromatic N) is 3. The predicted octanol–water partition coefficient (Wildman–Crippen LogP) is 3.35. The molecule has 0 atom stereocenters. The van der Waals surface area contributed by atoms with Crippen molar-refractivity contribution in [3.63, 3.8) is 0 Å². The number of nitriles is 1. The van der Waals surface area contributed by atoms with Gasteiger partial charge in [0.25, 0.3) is 5.91 Å². The van der Waals surface area contributed by atoms with Crippen LogP contribution in [0.5, 0.6) is 0 Å². The monoisotopic (exact) mass is 326 g/mol. The standard InChI is InChI=1S/C17H15ClN4O/c1-22(2)15-6-3-12(4-7-15)9-13(10-19)17(23)21-16-8-5-14(18)11-20-16/h3-9,11H,1-2H3,(H,20,21,23)/b13-9-. The molecule has 5 nitrogen and oxygen atoms in total. The van der Waals surface area contributed by atoms with E-state index >= 15 is 0 Å². The molecule has 2 aromatic rings. The molecule has 0 aliphatic heterocycles. The van der Waals surface area contributed by atoms with Crippen LogP contribution in [0.25, 0.3) is 6.08 Å². The molecular weight excluding hydrogens is 312 g/mol. The molecule has 2 rings (SSSR count). The number of aromatic nitrogens is 1. The van der Waals surface area contributed by atoms with Crippen molar-refractivity contribution in [1.29, 1.82) is 5.26 Å². The van der Waals surface area contributed by atoms with Crippen molar-refractivity contribution in [3.8, 4) is 6.07 Å². The zero-order chi connectivity index (χ0) is 16.8. The van der Waals surface area contributed by atoms with Gasteiger partial charge >= 0.3 is 0 Å². The van der Waals surface area contributed by atoms with E-state index in [0.29, 0.717) is 10.8 Å². The molecule has 0 unspecified atom stereocenters. The van der Waals surface area contributed by atoms with Gasteiger partial charge in [0.15, 0.2) is 0 Å². The Morgan fingerprint density at radius 2 is 1.96 bits per heavy atom. The minimum absolute atomic E-state index is 0.000599. The fourth-order valence-corrected chi connectivity index (χ4v) is 1.93. The van der Waals surface area contributed by atoms with Gasteiger partial charge < -0.3 is 10.2 Å².